The van der Waals surface area contributed by atoms with Crippen molar-refractivity contribution in [3.8, 4) is 11.1 Å². The van der Waals surface area contributed by atoms with Crippen LogP contribution in [0, 0.1) is 11.6 Å². The third-order valence-electron chi connectivity index (χ3n) is 6.47. The maximum absolute atomic E-state index is 14.8. The molecule has 0 aliphatic heterocycles. The normalized spacial score (nSPS) is 12.0. The van der Waals surface area contributed by atoms with Crippen LogP contribution in [0.25, 0.3) is 22.0 Å². The molecular weight excluding hydrogens is 583 g/mol. The first-order chi connectivity index (χ1) is 19.8. The van der Waals surface area contributed by atoms with Crippen LogP contribution in [0.5, 0.6) is 0 Å². The summed E-state index contributed by atoms with van der Waals surface area (Å²) >= 11 is 0. The number of halogens is 5. The first-order valence-corrected chi connectivity index (χ1v) is 13.5. The molecule has 4 N–H and O–H groups in total. The summed E-state index contributed by atoms with van der Waals surface area (Å²) in [4.78, 5) is 28.6. The molecular formula is C28H19F5N4O4S. The number of para-hydroxylation sites is 1. The Kier molecular flexibility index (Phi) is 7.10. The number of carbonyl (C=O) groups is 1. The van der Waals surface area contributed by atoms with E-state index in [0.717, 1.165) is 34.9 Å². The number of anilines is 1. The van der Waals surface area contributed by atoms with Gasteiger partial charge in [-0.2, -0.15) is 13.2 Å². The Morgan fingerprint density at radius 2 is 1.71 bits per heavy atom. The summed E-state index contributed by atoms with van der Waals surface area (Å²) in [5.74, 6) is -3.27. The van der Waals surface area contributed by atoms with Crippen molar-refractivity contribution in [2.45, 2.75) is 17.6 Å². The zero-order valence-electron chi connectivity index (χ0n) is 21.2. The second-order valence-corrected chi connectivity index (χ2v) is 10.8. The molecule has 8 nitrogen and oxygen atoms in total. The van der Waals surface area contributed by atoms with Crippen LogP contribution in [0.4, 0.5) is 27.6 Å². The molecule has 0 aliphatic carbocycles. The lowest BCUT2D eigenvalue weighted by Crippen LogP contribution is -2.33. The molecule has 0 saturated carbocycles. The lowest BCUT2D eigenvalue weighted by atomic mass is 10.0. The van der Waals surface area contributed by atoms with E-state index >= 15 is 0 Å². The van der Waals surface area contributed by atoms with E-state index in [0.29, 0.717) is 12.1 Å². The molecule has 0 spiro atoms. The van der Waals surface area contributed by atoms with Crippen molar-refractivity contribution in [2.24, 2.45) is 0 Å². The van der Waals surface area contributed by atoms with Gasteiger partial charge < -0.3 is 15.3 Å². The number of alkyl halides is 3. The number of hydrogen-bond donors (Lipinski definition) is 3. The summed E-state index contributed by atoms with van der Waals surface area (Å²) < 4.78 is 98.9. The van der Waals surface area contributed by atoms with E-state index in [-0.39, 0.29) is 33.3 Å². The SMILES string of the molecule is Nc1ccccc1S(=O)(=O)NC(=O)c1c(-c2ccc[nH]c2=O)c2cc(C(F)(F)F)ccc2n1Cc1ccc(F)cc1F. The minimum atomic E-state index is -4.82. The highest BCUT2D eigenvalue weighted by Gasteiger charge is 2.34. The lowest BCUT2D eigenvalue weighted by Gasteiger charge is -2.14. The first kappa shape index (κ1) is 28.5. The summed E-state index contributed by atoms with van der Waals surface area (Å²) in [5, 5.41) is -0.245. The number of benzene rings is 3. The van der Waals surface area contributed by atoms with E-state index < -0.39 is 62.0 Å². The molecule has 5 rings (SSSR count). The second kappa shape index (κ2) is 10.4. The molecule has 5 aromatic rings. The molecule has 0 fully saturated rings. The quantitative estimate of drug-likeness (QED) is 0.185. The topological polar surface area (TPSA) is 127 Å². The average molecular weight is 603 g/mol. The standard InChI is InChI=1S/C28H19F5N4O4S/c29-17-9-7-15(20(30)13-17)14-37-22-10-8-16(28(31,32)33)12-19(22)24(18-4-3-11-35-26(18)38)25(37)27(39)36-42(40,41)23-6-2-1-5-21(23)34/h1-13H,14,34H2,(H,35,38)(H,36,39). The molecule has 216 valence electrons. The zero-order valence-corrected chi connectivity index (χ0v) is 22.0. The summed E-state index contributed by atoms with van der Waals surface area (Å²) in [7, 11) is -4.65. The number of nitrogens with one attached hydrogen (secondary N) is 2. The van der Waals surface area contributed by atoms with Gasteiger partial charge in [0.05, 0.1) is 17.8 Å². The monoisotopic (exact) mass is 602 g/mol. The van der Waals surface area contributed by atoms with Crippen molar-refractivity contribution < 1.29 is 35.2 Å². The fourth-order valence-corrected chi connectivity index (χ4v) is 5.68. The molecule has 0 unspecified atom stereocenters. The Labute approximate surface area is 234 Å². The van der Waals surface area contributed by atoms with Crippen LogP contribution in [-0.4, -0.2) is 23.9 Å². The Morgan fingerprint density at radius 3 is 2.38 bits per heavy atom. The molecule has 42 heavy (non-hydrogen) atoms. The van der Waals surface area contributed by atoms with Gasteiger partial charge in [-0.05, 0) is 48.5 Å². The minimum absolute atomic E-state index is 0.0632. The van der Waals surface area contributed by atoms with E-state index in [4.69, 9.17) is 5.73 Å². The highest BCUT2D eigenvalue weighted by Crippen LogP contribution is 2.39. The number of carbonyl (C=O) groups excluding carboxylic acids is 1. The van der Waals surface area contributed by atoms with Gasteiger partial charge in [0.15, 0.2) is 0 Å². The van der Waals surface area contributed by atoms with Gasteiger partial charge in [0, 0.05) is 39.9 Å². The van der Waals surface area contributed by atoms with Crippen LogP contribution in [0.1, 0.15) is 21.6 Å². The van der Waals surface area contributed by atoms with Crippen LogP contribution >= 0.6 is 0 Å². The molecule has 0 aliphatic rings. The molecule has 0 atom stereocenters. The van der Waals surface area contributed by atoms with Gasteiger partial charge in [0.2, 0.25) is 0 Å². The van der Waals surface area contributed by atoms with Crippen LogP contribution < -0.4 is 16.0 Å². The van der Waals surface area contributed by atoms with Gasteiger partial charge >= 0.3 is 6.18 Å². The predicted octanol–water partition coefficient (Wildman–Crippen LogP) is 5.04. The van der Waals surface area contributed by atoms with Crippen LogP contribution in [0.2, 0.25) is 0 Å². The van der Waals surface area contributed by atoms with Crippen molar-refractivity contribution >= 4 is 32.5 Å². The molecule has 1 amide bonds. The number of rotatable bonds is 6. The van der Waals surface area contributed by atoms with Gasteiger partial charge in [-0.3, -0.25) is 9.59 Å². The number of H-pyrrole nitrogens is 1. The van der Waals surface area contributed by atoms with Crippen molar-refractivity contribution in [3.63, 3.8) is 0 Å². The number of aromatic amines is 1. The van der Waals surface area contributed by atoms with Gasteiger partial charge in [-0.15, -0.1) is 0 Å². The predicted molar refractivity (Wildman–Crippen MR) is 144 cm³/mol. The largest absolute Gasteiger partial charge is 0.416 e. The van der Waals surface area contributed by atoms with E-state index in [9.17, 15) is 40.0 Å². The summed E-state index contributed by atoms with van der Waals surface area (Å²) in [6.07, 6.45) is -3.57. The number of nitrogens with two attached hydrogens (primary N) is 1. The van der Waals surface area contributed by atoms with Crippen LogP contribution in [0.3, 0.4) is 0 Å². The highest BCUT2D eigenvalue weighted by molar-refractivity contribution is 7.90. The van der Waals surface area contributed by atoms with Crippen molar-refractivity contribution in [2.75, 3.05) is 5.73 Å². The zero-order chi connectivity index (χ0) is 30.4. The third kappa shape index (κ3) is 5.23. The molecule has 2 aromatic heterocycles. The first-order valence-electron chi connectivity index (χ1n) is 12.0. The molecule has 14 heteroatoms. The fraction of sp³-hybridized carbons (Fsp3) is 0.0714. The number of hydrogen-bond acceptors (Lipinski definition) is 5. The van der Waals surface area contributed by atoms with Gasteiger partial charge in [0.25, 0.3) is 21.5 Å². The van der Waals surface area contributed by atoms with Crippen LogP contribution in [-0.2, 0) is 22.7 Å². The highest BCUT2D eigenvalue weighted by atomic mass is 32.2. The number of fused-ring (bicyclic) bond motifs is 1. The number of aromatic nitrogens is 2. The van der Waals surface area contributed by atoms with Crippen molar-refractivity contribution in [1.82, 2.24) is 14.3 Å². The van der Waals surface area contributed by atoms with E-state index in [1.165, 1.54) is 36.5 Å². The minimum Gasteiger partial charge on any atom is -0.398 e. The van der Waals surface area contributed by atoms with Gasteiger partial charge in [-0.25, -0.2) is 21.9 Å². The smallest absolute Gasteiger partial charge is 0.398 e. The number of pyridine rings is 1. The summed E-state index contributed by atoms with van der Waals surface area (Å²) in [6, 6.07) is 12.9. The molecule has 0 radical (unpaired) electrons. The van der Waals surface area contributed by atoms with Crippen LogP contribution in [0.15, 0.2) is 88.7 Å². The molecule has 0 saturated heterocycles. The van der Waals surface area contributed by atoms with Gasteiger partial charge in [0.1, 0.15) is 22.2 Å². The van der Waals surface area contributed by atoms with Crippen molar-refractivity contribution in [3.05, 3.63) is 118 Å². The van der Waals surface area contributed by atoms with Crippen molar-refractivity contribution in [1.29, 1.82) is 0 Å². The summed E-state index contributed by atoms with van der Waals surface area (Å²) in [6.45, 7) is -0.547. The fourth-order valence-electron chi connectivity index (χ4n) is 4.59. The van der Waals surface area contributed by atoms with E-state index in [1.807, 2.05) is 4.72 Å². The Hall–Kier alpha value is -4.98. The second-order valence-electron chi connectivity index (χ2n) is 9.16. The lowest BCUT2D eigenvalue weighted by molar-refractivity contribution is -0.137. The maximum Gasteiger partial charge on any atom is 0.416 e. The Bertz CT molecular complexity index is 2030. The molecule has 2 heterocycles. The molecule has 0 bridgehead atoms. The molecule has 3 aromatic carbocycles. The number of amides is 1. The third-order valence-corrected chi connectivity index (χ3v) is 7.88. The van der Waals surface area contributed by atoms with Gasteiger partial charge in [-0.1, -0.05) is 18.2 Å². The number of nitrogen functional groups attached to an aromatic ring is 1. The Balaban J connectivity index is 1.83. The Morgan fingerprint density at radius 1 is 0.976 bits per heavy atom. The van der Waals surface area contributed by atoms with E-state index in [1.54, 1.807) is 0 Å². The average Bonchev–Trinajstić information content (AvgIpc) is 3.23. The summed E-state index contributed by atoms with van der Waals surface area (Å²) in [5.41, 5.74) is 2.26. The van der Waals surface area contributed by atoms with E-state index in [2.05, 4.69) is 4.98 Å². The number of nitrogens with zero attached hydrogens (tertiary/aromatic N) is 1. The maximum atomic E-state index is 14.8. The number of sulfonamides is 1.